The molecule has 1 atom stereocenters. The maximum atomic E-state index is 13.3. The lowest BCUT2D eigenvalue weighted by Gasteiger charge is -2.18. The summed E-state index contributed by atoms with van der Waals surface area (Å²) in [7, 11) is 0. The molecule has 0 aliphatic heterocycles. The molecular formula is C20H26FN3OS. The van der Waals surface area contributed by atoms with Gasteiger partial charge in [-0.25, -0.2) is 9.37 Å². The van der Waals surface area contributed by atoms with Crippen LogP contribution in [0, 0.1) is 19.7 Å². The highest BCUT2D eigenvalue weighted by Crippen LogP contribution is 2.37. The van der Waals surface area contributed by atoms with Crippen molar-refractivity contribution in [2.24, 2.45) is 0 Å². The highest BCUT2D eigenvalue weighted by molar-refractivity contribution is 8.00. The topological polar surface area (TPSA) is 46.9 Å². The van der Waals surface area contributed by atoms with Crippen molar-refractivity contribution in [1.82, 2.24) is 14.9 Å². The van der Waals surface area contributed by atoms with E-state index >= 15 is 0 Å². The first-order chi connectivity index (χ1) is 12.5. The van der Waals surface area contributed by atoms with Crippen LogP contribution in [-0.2, 0) is 11.3 Å². The van der Waals surface area contributed by atoms with Gasteiger partial charge in [0.2, 0.25) is 5.91 Å². The second-order valence-electron chi connectivity index (χ2n) is 6.90. The van der Waals surface area contributed by atoms with E-state index in [0.29, 0.717) is 0 Å². The minimum Gasteiger partial charge on any atom is -0.352 e. The molecule has 2 aromatic rings. The summed E-state index contributed by atoms with van der Waals surface area (Å²) in [6.07, 6.45) is 4.25. The van der Waals surface area contributed by atoms with E-state index in [-0.39, 0.29) is 17.8 Å². The molecule has 1 unspecified atom stereocenters. The van der Waals surface area contributed by atoms with E-state index in [0.717, 1.165) is 54.3 Å². The fourth-order valence-corrected chi connectivity index (χ4v) is 4.04. The van der Waals surface area contributed by atoms with Crippen LogP contribution in [-0.4, -0.2) is 21.5 Å². The Morgan fingerprint density at radius 2 is 2.04 bits per heavy atom. The number of unbranched alkanes of at least 4 members (excludes halogenated alkanes) is 1. The largest absolute Gasteiger partial charge is 0.352 e. The SMILES string of the molecule is CCCCn1c(SC(C(=O)NC2CC2)c2ccc(F)cc2)nc(C)c1C. The maximum Gasteiger partial charge on any atom is 0.238 e. The zero-order valence-electron chi connectivity index (χ0n) is 15.6. The summed E-state index contributed by atoms with van der Waals surface area (Å²) in [5.74, 6) is -0.319. The fraction of sp³-hybridized carbons (Fsp3) is 0.500. The Morgan fingerprint density at radius 1 is 1.35 bits per heavy atom. The van der Waals surface area contributed by atoms with Gasteiger partial charge in [-0.3, -0.25) is 4.79 Å². The number of nitrogens with one attached hydrogen (secondary N) is 1. The van der Waals surface area contributed by atoms with Gasteiger partial charge in [-0.15, -0.1) is 0 Å². The van der Waals surface area contributed by atoms with E-state index in [1.54, 1.807) is 12.1 Å². The summed E-state index contributed by atoms with van der Waals surface area (Å²) >= 11 is 1.45. The first-order valence-electron chi connectivity index (χ1n) is 9.25. The van der Waals surface area contributed by atoms with Crippen molar-refractivity contribution in [1.29, 1.82) is 0 Å². The van der Waals surface area contributed by atoms with Gasteiger partial charge in [-0.1, -0.05) is 37.2 Å². The highest BCUT2D eigenvalue weighted by atomic mass is 32.2. The standard InChI is InChI=1S/C20H26FN3OS/c1-4-5-12-24-14(3)13(2)22-20(24)26-18(19(25)23-17-10-11-17)15-6-8-16(21)9-7-15/h6-9,17-18H,4-5,10-12H2,1-3H3,(H,23,25). The first kappa shape index (κ1) is 19.0. The van der Waals surface area contributed by atoms with Gasteiger partial charge in [-0.2, -0.15) is 0 Å². The zero-order valence-corrected chi connectivity index (χ0v) is 16.4. The molecular weight excluding hydrogens is 349 g/mol. The van der Waals surface area contributed by atoms with Crippen LogP contribution in [0.4, 0.5) is 4.39 Å². The molecule has 1 N–H and O–H groups in total. The van der Waals surface area contributed by atoms with Crippen LogP contribution in [0.3, 0.4) is 0 Å². The Morgan fingerprint density at radius 3 is 2.65 bits per heavy atom. The molecule has 0 spiro atoms. The van der Waals surface area contributed by atoms with E-state index in [4.69, 9.17) is 4.98 Å². The Hall–Kier alpha value is -1.82. The van der Waals surface area contributed by atoms with E-state index in [2.05, 4.69) is 23.7 Å². The molecule has 0 bridgehead atoms. The van der Waals surface area contributed by atoms with Crippen molar-refractivity contribution in [3.8, 4) is 0 Å². The van der Waals surface area contributed by atoms with Crippen molar-refractivity contribution < 1.29 is 9.18 Å². The third-order valence-corrected chi connectivity index (χ3v) is 5.96. The summed E-state index contributed by atoms with van der Waals surface area (Å²) in [5.41, 5.74) is 2.93. The van der Waals surface area contributed by atoms with Crippen molar-refractivity contribution >= 4 is 17.7 Å². The van der Waals surface area contributed by atoms with E-state index in [9.17, 15) is 9.18 Å². The van der Waals surface area contributed by atoms with Gasteiger partial charge in [0.25, 0.3) is 0 Å². The maximum absolute atomic E-state index is 13.3. The molecule has 1 fully saturated rings. The number of hydrogen-bond acceptors (Lipinski definition) is 3. The minimum atomic E-state index is -0.433. The van der Waals surface area contributed by atoms with Gasteiger partial charge in [-0.05, 0) is 50.8 Å². The summed E-state index contributed by atoms with van der Waals surface area (Å²) in [6.45, 7) is 7.13. The molecule has 0 radical (unpaired) electrons. The number of aryl methyl sites for hydroxylation is 1. The van der Waals surface area contributed by atoms with Crippen LogP contribution in [0.2, 0.25) is 0 Å². The Kier molecular flexibility index (Phi) is 6.01. The fourth-order valence-electron chi connectivity index (χ4n) is 2.81. The average molecular weight is 376 g/mol. The number of carbonyl (C=O) groups is 1. The molecule has 1 aromatic heterocycles. The number of carbonyl (C=O) groups excluding carboxylic acids is 1. The van der Waals surface area contributed by atoms with Crippen LogP contribution in [0.25, 0.3) is 0 Å². The molecule has 1 saturated carbocycles. The third-order valence-electron chi connectivity index (χ3n) is 4.72. The third kappa shape index (κ3) is 4.47. The minimum absolute atomic E-state index is 0.0237. The van der Waals surface area contributed by atoms with Crippen molar-refractivity contribution in [2.45, 2.75) is 69.4 Å². The predicted octanol–water partition coefficient (Wildman–Crippen LogP) is 4.55. The zero-order chi connectivity index (χ0) is 18.7. The lowest BCUT2D eigenvalue weighted by Crippen LogP contribution is -2.30. The number of rotatable bonds is 8. The molecule has 1 aliphatic rings. The van der Waals surface area contributed by atoms with Crippen LogP contribution < -0.4 is 5.32 Å². The van der Waals surface area contributed by atoms with Gasteiger partial charge >= 0.3 is 0 Å². The van der Waals surface area contributed by atoms with Crippen LogP contribution >= 0.6 is 11.8 Å². The lowest BCUT2D eigenvalue weighted by atomic mass is 10.1. The molecule has 3 rings (SSSR count). The van der Waals surface area contributed by atoms with Crippen molar-refractivity contribution in [3.05, 3.63) is 47.0 Å². The number of benzene rings is 1. The molecule has 1 heterocycles. The van der Waals surface area contributed by atoms with Gasteiger partial charge in [0, 0.05) is 18.3 Å². The monoisotopic (exact) mass is 375 g/mol. The summed E-state index contributed by atoms with van der Waals surface area (Å²) in [5, 5.41) is 3.50. The molecule has 6 heteroatoms. The van der Waals surface area contributed by atoms with Crippen LogP contribution in [0.15, 0.2) is 29.4 Å². The highest BCUT2D eigenvalue weighted by Gasteiger charge is 2.30. The van der Waals surface area contributed by atoms with Gasteiger partial charge < -0.3 is 9.88 Å². The number of thioether (sulfide) groups is 1. The molecule has 4 nitrogen and oxygen atoms in total. The summed E-state index contributed by atoms with van der Waals surface area (Å²) in [6, 6.07) is 6.49. The van der Waals surface area contributed by atoms with E-state index in [1.807, 2.05) is 6.92 Å². The number of imidazole rings is 1. The molecule has 1 aromatic carbocycles. The molecule has 1 aliphatic carbocycles. The van der Waals surface area contributed by atoms with Gasteiger partial charge in [0.15, 0.2) is 5.16 Å². The Balaban J connectivity index is 1.88. The van der Waals surface area contributed by atoms with Crippen LogP contribution in [0.1, 0.15) is 54.8 Å². The van der Waals surface area contributed by atoms with Crippen molar-refractivity contribution in [3.63, 3.8) is 0 Å². The summed E-state index contributed by atoms with van der Waals surface area (Å²) in [4.78, 5) is 17.5. The quantitative estimate of drug-likeness (QED) is 0.689. The Bertz CT molecular complexity index is 768. The Labute approximate surface area is 158 Å². The average Bonchev–Trinajstić information content (AvgIpc) is 3.39. The number of halogens is 1. The number of aromatic nitrogens is 2. The number of nitrogens with zero attached hydrogens (tertiary/aromatic N) is 2. The van der Waals surface area contributed by atoms with Gasteiger partial charge in [0.05, 0.1) is 5.69 Å². The van der Waals surface area contributed by atoms with Gasteiger partial charge in [0.1, 0.15) is 11.1 Å². The summed E-state index contributed by atoms with van der Waals surface area (Å²) < 4.78 is 15.5. The predicted molar refractivity (Wildman–Crippen MR) is 103 cm³/mol. The second-order valence-corrected chi connectivity index (χ2v) is 7.97. The smallest absolute Gasteiger partial charge is 0.238 e. The van der Waals surface area contributed by atoms with Crippen molar-refractivity contribution in [2.75, 3.05) is 0 Å². The van der Waals surface area contributed by atoms with E-state index < -0.39 is 5.25 Å². The second kappa shape index (κ2) is 8.25. The molecule has 26 heavy (non-hydrogen) atoms. The molecule has 140 valence electrons. The van der Waals surface area contributed by atoms with Crippen LogP contribution in [0.5, 0.6) is 0 Å². The lowest BCUT2D eigenvalue weighted by molar-refractivity contribution is -0.120. The number of amides is 1. The molecule has 0 saturated heterocycles. The normalized spacial score (nSPS) is 15.1. The van der Waals surface area contributed by atoms with E-state index in [1.165, 1.54) is 23.9 Å². The molecule has 1 amide bonds. The number of hydrogen-bond donors (Lipinski definition) is 1. The first-order valence-corrected chi connectivity index (χ1v) is 10.1.